The first-order valence-corrected chi connectivity index (χ1v) is 8.17. The third-order valence-electron chi connectivity index (χ3n) is 3.52. The van der Waals surface area contributed by atoms with Gasteiger partial charge in [-0.15, -0.1) is 0 Å². The molecule has 4 heteroatoms. The Morgan fingerprint density at radius 3 is 2.39 bits per heavy atom. The van der Waals surface area contributed by atoms with Gasteiger partial charge in [0.2, 0.25) is 0 Å². The zero-order valence-corrected chi connectivity index (χ0v) is 13.5. The number of rotatable bonds is 11. The Hall–Kier alpha value is -1.88. The maximum atomic E-state index is 8.69. The van der Waals surface area contributed by atoms with Gasteiger partial charge in [-0.25, -0.2) is 0 Å². The monoisotopic (exact) mass is 314 g/mol. The predicted octanol–water partition coefficient (Wildman–Crippen LogP) is 2.33. The van der Waals surface area contributed by atoms with Crippen molar-refractivity contribution in [3.8, 4) is 5.75 Å². The third-order valence-corrected chi connectivity index (χ3v) is 3.52. The van der Waals surface area contributed by atoms with Crippen LogP contribution in [-0.4, -0.2) is 31.3 Å². The van der Waals surface area contributed by atoms with Crippen molar-refractivity contribution in [2.24, 2.45) is 0 Å². The molecule has 0 bridgehead atoms. The fourth-order valence-electron chi connectivity index (χ4n) is 2.29. The molecule has 0 aliphatic rings. The summed E-state index contributed by atoms with van der Waals surface area (Å²) in [5.74, 6) is 0.933. The number of aliphatic hydroxyl groups excluding tert-OH is 1. The van der Waals surface area contributed by atoms with E-state index in [0.717, 1.165) is 31.8 Å². The van der Waals surface area contributed by atoms with Crippen molar-refractivity contribution in [3.05, 3.63) is 65.7 Å². The minimum atomic E-state index is 0.194. The normalized spacial score (nSPS) is 10.7. The average molecular weight is 314 g/mol. The van der Waals surface area contributed by atoms with Crippen LogP contribution in [0, 0.1) is 0 Å². The van der Waals surface area contributed by atoms with Gasteiger partial charge in [-0.3, -0.25) is 0 Å². The SMILES string of the molecule is OCCNCCCNCc1ccccc1OCc1ccccc1. The first-order chi connectivity index (χ1) is 11.4. The summed E-state index contributed by atoms with van der Waals surface area (Å²) >= 11 is 0. The van der Waals surface area contributed by atoms with Crippen molar-refractivity contribution >= 4 is 0 Å². The summed E-state index contributed by atoms with van der Waals surface area (Å²) in [4.78, 5) is 0. The summed E-state index contributed by atoms with van der Waals surface area (Å²) in [7, 11) is 0. The van der Waals surface area contributed by atoms with Gasteiger partial charge in [-0.1, -0.05) is 48.5 Å². The van der Waals surface area contributed by atoms with Crippen LogP contribution in [-0.2, 0) is 13.2 Å². The van der Waals surface area contributed by atoms with E-state index in [1.54, 1.807) is 0 Å². The molecule has 0 atom stereocenters. The van der Waals surface area contributed by atoms with E-state index in [0.29, 0.717) is 13.2 Å². The Morgan fingerprint density at radius 2 is 1.57 bits per heavy atom. The lowest BCUT2D eigenvalue weighted by atomic mass is 10.2. The number of hydrogen-bond acceptors (Lipinski definition) is 4. The van der Waals surface area contributed by atoms with Gasteiger partial charge in [0, 0.05) is 18.7 Å². The van der Waals surface area contributed by atoms with Crippen LogP contribution in [0.4, 0.5) is 0 Å². The van der Waals surface area contributed by atoms with Crippen LogP contribution in [0.5, 0.6) is 5.75 Å². The van der Waals surface area contributed by atoms with Gasteiger partial charge in [0.15, 0.2) is 0 Å². The molecule has 3 N–H and O–H groups in total. The van der Waals surface area contributed by atoms with Gasteiger partial charge in [0.05, 0.1) is 6.61 Å². The smallest absolute Gasteiger partial charge is 0.124 e. The van der Waals surface area contributed by atoms with Crippen molar-refractivity contribution in [2.75, 3.05) is 26.2 Å². The third kappa shape index (κ3) is 6.82. The fourth-order valence-corrected chi connectivity index (χ4v) is 2.29. The summed E-state index contributed by atoms with van der Waals surface area (Å²) in [5.41, 5.74) is 2.34. The van der Waals surface area contributed by atoms with Crippen LogP contribution in [0.15, 0.2) is 54.6 Å². The quantitative estimate of drug-likeness (QED) is 0.557. The van der Waals surface area contributed by atoms with Crippen molar-refractivity contribution < 1.29 is 9.84 Å². The van der Waals surface area contributed by atoms with Gasteiger partial charge >= 0.3 is 0 Å². The van der Waals surface area contributed by atoms with E-state index in [2.05, 4.69) is 28.8 Å². The largest absolute Gasteiger partial charge is 0.489 e. The molecule has 0 spiro atoms. The number of aliphatic hydroxyl groups is 1. The summed E-state index contributed by atoms with van der Waals surface area (Å²) in [5, 5.41) is 15.3. The number of nitrogens with one attached hydrogen (secondary N) is 2. The van der Waals surface area contributed by atoms with Gasteiger partial charge in [-0.05, 0) is 31.1 Å². The van der Waals surface area contributed by atoms with Crippen molar-refractivity contribution in [1.82, 2.24) is 10.6 Å². The van der Waals surface area contributed by atoms with Crippen LogP contribution in [0.2, 0.25) is 0 Å². The van der Waals surface area contributed by atoms with E-state index >= 15 is 0 Å². The Morgan fingerprint density at radius 1 is 0.826 bits per heavy atom. The van der Waals surface area contributed by atoms with Crippen LogP contribution < -0.4 is 15.4 Å². The molecule has 0 heterocycles. The number of hydrogen-bond donors (Lipinski definition) is 3. The van der Waals surface area contributed by atoms with Crippen LogP contribution in [0.1, 0.15) is 17.5 Å². The minimum Gasteiger partial charge on any atom is -0.489 e. The van der Waals surface area contributed by atoms with Gasteiger partial charge < -0.3 is 20.5 Å². The van der Waals surface area contributed by atoms with Crippen LogP contribution >= 0.6 is 0 Å². The lowest BCUT2D eigenvalue weighted by molar-refractivity contribution is 0.292. The Labute approximate surface area is 138 Å². The van der Waals surface area contributed by atoms with Crippen molar-refractivity contribution in [2.45, 2.75) is 19.6 Å². The maximum absolute atomic E-state index is 8.69. The highest BCUT2D eigenvalue weighted by atomic mass is 16.5. The highest BCUT2D eigenvalue weighted by Crippen LogP contribution is 2.19. The lowest BCUT2D eigenvalue weighted by Gasteiger charge is -2.12. The highest BCUT2D eigenvalue weighted by molar-refractivity contribution is 5.33. The first kappa shape index (κ1) is 17.5. The highest BCUT2D eigenvalue weighted by Gasteiger charge is 2.03. The van der Waals surface area contributed by atoms with Crippen molar-refractivity contribution in [3.63, 3.8) is 0 Å². The zero-order chi connectivity index (χ0) is 16.2. The molecule has 0 fully saturated rings. The average Bonchev–Trinajstić information content (AvgIpc) is 2.61. The topological polar surface area (TPSA) is 53.5 Å². The van der Waals surface area contributed by atoms with E-state index in [9.17, 15) is 0 Å². The molecule has 0 aliphatic carbocycles. The molecule has 0 unspecified atom stereocenters. The van der Waals surface area contributed by atoms with Crippen molar-refractivity contribution in [1.29, 1.82) is 0 Å². The summed E-state index contributed by atoms with van der Waals surface area (Å²) < 4.78 is 5.95. The summed E-state index contributed by atoms with van der Waals surface area (Å²) in [6.07, 6.45) is 1.03. The van der Waals surface area contributed by atoms with E-state index < -0.39 is 0 Å². The Bertz CT molecular complexity index is 546. The molecule has 0 aromatic heterocycles. The summed E-state index contributed by atoms with van der Waals surface area (Å²) in [6.45, 7) is 4.09. The second kappa shape index (κ2) is 10.8. The molecule has 2 rings (SSSR count). The minimum absolute atomic E-state index is 0.194. The molecule has 0 amide bonds. The van der Waals surface area contributed by atoms with E-state index in [1.807, 2.05) is 36.4 Å². The van der Waals surface area contributed by atoms with Gasteiger partial charge in [0.25, 0.3) is 0 Å². The second-order valence-electron chi connectivity index (χ2n) is 5.39. The Kier molecular flexibility index (Phi) is 8.19. The van der Waals surface area contributed by atoms with Crippen LogP contribution in [0.25, 0.3) is 0 Å². The van der Waals surface area contributed by atoms with Crippen LogP contribution in [0.3, 0.4) is 0 Å². The van der Waals surface area contributed by atoms with E-state index in [-0.39, 0.29) is 6.61 Å². The summed E-state index contributed by atoms with van der Waals surface area (Å²) in [6, 6.07) is 18.4. The number of ether oxygens (including phenoxy) is 1. The Balaban J connectivity index is 1.74. The molecular formula is C19H26N2O2. The number of benzene rings is 2. The number of para-hydroxylation sites is 1. The lowest BCUT2D eigenvalue weighted by Crippen LogP contribution is -2.24. The molecule has 124 valence electrons. The maximum Gasteiger partial charge on any atom is 0.124 e. The molecular weight excluding hydrogens is 288 g/mol. The van der Waals surface area contributed by atoms with E-state index in [4.69, 9.17) is 9.84 Å². The molecule has 2 aromatic rings. The molecule has 0 saturated carbocycles. The second-order valence-corrected chi connectivity index (χ2v) is 5.39. The fraction of sp³-hybridized carbons (Fsp3) is 0.368. The standard InChI is InChI=1S/C19H26N2O2/c22-14-13-20-11-6-12-21-15-18-9-4-5-10-19(18)23-16-17-7-2-1-3-8-17/h1-5,7-10,20-22H,6,11-16H2. The van der Waals surface area contributed by atoms with Gasteiger partial charge in [0.1, 0.15) is 12.4 Å². The van der Waals surface area contributed by atoms with Gasteiger partial charge in [-0.2, -0.15) is 0 Å². The molecule has 0 radical (unpaired) electrons. The predicted molar refractivity (Wildman–Crippen MR) is 93.5 cm³/mol. The molecule has 23 heavy (non-hydrogen) atoms. The molecule has 2 aromatic carbocycles. The zero-order valence-electron chi connectivity index (χ0n) is 13.5. The molecule has 0 saturated heterocycles. The molecule has 4 nitrogen and oxygen atoms in total. The molecule has 0 aliphatic heterocycles. The first-order valence-electron chi connectivity index (χ1n) is 8.17. The van der Waals surface area contributed by atoms with E-state index in [1.165, 1.54) is 11.1 Å².